The van der Waals surface area contributed by atoms with Crippen molar-refractivity contribution in [2.45, 2.75) is 24.7 Å². The third kappa shape index (κ3) is 3.24. The van der Waals surface area contributed by atoms with Crippen LogP contribution in [0.25, 0.3) is 0 Å². The number of rotatable bonds is 4. The summed E-state index contributed by atoms with van der Waals surface area (Å²) in [6, 6.07) is 3.65. The highest BCUT2D eigenvalue weighted by Gasteiger charge is 2.42. The maximum atomic E-state index is 13.6. The van der Waals surface area contributed by atoms with Gasteiger partial charge < -0.3 is 10.6 Å². The van der Waals surface area contributed by atoms with Gasteiger partial charge >= 0.3 is 0 Å². The van der Waals surface area contributed by atoms with Crippen LogP contribution in [-0.4, -0.2) is 30.8 Å². The van der Waals surface area contributed by atoms with Gasteiger partial charge in [0.1, 0.15) is 12.5 Å². The lowest BCUT2D eigenvalue weighted by Gasteiger charge is -2.14. The number of halogens is 4. The molecule has 2 N–H and O–H groups in total. The van der Waals surface area contributed by atoms with Crippen LogP contribution in [0.2, 0.25) is 5.02 Å². The summed E-state index contributed by atoms with van der Waals surface area (Å²) >= 11 is 5.62. The molecule has 1 heterocycles. The van der Waals surface area contributed by atoms with Gasteiger partial charge in [-0.25, -0.2) is 13.2 Å². The topological polar surface area (TPSA) is 41.1 Å². The van der Waals surface area contributed by atoms with Crippen molar-refractivity contribution < 1.29 is 18.0 Å². The maximum Gasteiger partial charge on any atom is 0.237 e. The molecular formula is C13H14ClF3N2O. The normalized spacial score (nSPS) is 25.7. The number of carbonyl (C=O) groups is 1. The molecule has 1 aromatic carbocycles. The zero-order valence-electron chi connectivity index (χ0n) is 10.6. The summed E-state index contributed by atoms with van der Waals surface area (Å²) in [6.07, 6.45) is -0.229. The number of nitrogens with one attached hydrogen (secondary N) is 2. The van der Waals surface area contributed by atoms with Crippen molar-refractivity contribution in [1.29, 1.82) is 0 Å². The lowest BCUT2D eigenvalue weighted by molar-refractivity contribution is -0.123. The van der Waals surface area contributed by atoms with E-state index in [4.69, 9.17) is 11.6 Å². The highest BCUT2D eigenvalue weighted by atomic mass is 35.5. The Bertz CT molecular complexity index is 514. The molecule has 0 unspecified atom stereocenters. The average Bonchev–Trinajstić information content (AvgIpc) is 2.84. The van der Waals surface area contributed by atoms with E-state index < -0.39 is 30.1 Å². The summed E-state index contributed by atoms with van der Waals surface area (Å²) in [4.78, 5) is 11.8. The molecule has 110 valence electrons. The Morgan fingerprint density at radius 1 is 1.55 bits per heavy atom. The first-order valence-electron chi connectivity index (χ1n) is 6.14. The highest BCUT2D eigenvalue weighted by molar-refractivity contribution is 6.30. The fraction of sp³-hybridized carbons (Fsp3) is 0.462. The monoisotopic (exact) mass is 306 g/mol. The van der Waals surface area contributed by atoms with E-state index in [1.54, 1.807) is 6.07 Å². The van der Waals surface area contributed by atoms with Crippen molar-refractivity contribution in [2.75, 3.05) is 13.2 Å². The predicted octanol–water partition coefficient (Wildman–Crippen LogP) is 2.13. The first-order chi connectivity index (χ1) is 9.45. The molecule has 1 amide bonds. The summed E-state index contributed by atoms with van der Waals surface area (Å²) < 4.78 is 39.7. The van der Waals surface area contributed by atoms with Gasteiger partial charge in [0.05, 0.1) is 11.1 Å². The third-order valence-corrected chi connectivity index (χ3v) is 3.57. The van der Waals surface area contributed by atoms with Gasteiger partial charge in [0.2, 0.25) is 5.91 Å². The Morgan fingerprint density at radius 3 is 2.95 bits per heavy atom. The molecule has 1 fully saturated rings. The van der Waals surface area contributed by atoms with Crippen molar-refractivity contribution in [3.8, 4) is 0 Å². The molecule has 1 aromatic rings. The van der Waals surface area contributed by atoms with Crippen LogP contribution in [0.1, 0.15) is 12.0 Å². The molecule has 0 saturated carbocycles. The van der Waals surface area contributed by atoms with Crippen LogP contribution in [0.3, 0.4) is 0 Å². The van der Waals surface area contributed by atoms with Gasteiger partial charge in [-0.05, 0) is 6.07 Å². The van der Waals surface area contributed by atoms with Crippen LogP contribution in [0, 0.1) is 5.82 Å². The Hall–Kier alpha value is -1.27. The quantitative estimate of drug-likeness (QED) is 0.895. The van der Waals surface area contributed by atoms with Crippen molar-refractivity contribution >= 4 is 17.5 Å². The van der Waals surface area contributed by atoms with E-state index in [9.17, 15) is 18.0 Å². The summed E-state index contributed by atoms with van der Waals surface area (Å²) in [5.41, 5.74) is -1.76. The number of hydrogen-bond acceptors (Lipinski definition) is 2. The largest absolute Gasteiger partial charge is 0.351 e. The zero-order valence-corrected chi connectivity index (χ0v) is 11.3. The van der Waals surface area contributed by atoms with E-state index in [0.717, 1.165) is 0 Å². The summed E-state index contributed by atoms with van der Waals surface area (Å²) in [6.45, 7) is -1.39. The SMILES string of the molecule is O=C(NCc1cccc(Cl)c1F)[C@@H]1C[C@@](F)(CF)CN1. The van der Waals surface area contributed by atoms with E-state index in [2.05, 4.69) is 10.6 Å². The van der Waals surface area contributed by atoms with Crippen molar-refractivity contribution in [2.24, 2.45) is 0 Å². The highest BCUT2D eigenvalue weighted by Crippen LogP contribution is 2.24. The van der Waals surface area contributed by atoms with Gasteiger partial charge in [-0.3, -0.25) is 4.79 Å². The minimum Gasteiger partial charge on any atom is -0.351 e. The van der Waals surface area contributed by atoms with E-state index in [1.807, 2.05) is 0 Å². The molecule has 3 nitrogen and oxygen atoms in total. The van der Waals surface area contributed by atoms with Crippen molar-refractivity contribution in [3.63, 3.8) is 0 Å². The molecule has 1 aliphatic rings. The second-order valence-electron chi connectivity index (χ2n) is 4.85. The van der Waals surface area contributed by atoms with E-state index in [0.29, 0.717) is 0 Å². The fourth-order valence-electron chi connectivity index (χ4n) is 2.09. The zero-order chi connectivity index (χ0) is 14.8. The molecule has 0 aromatic heterocycles. The summed E-state index contributed by atoms with van der Waals surface area (Å²) in [7, 11) is 0. The average molecular weight is 307 g/mol. The van der Waals surface area contributed by atoms with E-state index in [1.165, 1.54) is 12.1 Å². The molecule has 2 atom stereocenters. The third-order valence-electron chi connectivity index (χ3n) is 3.28. The molecule has 1 aliphatic heterocycles. The van der Waals surface area contributed by atoms with Crippen LogP contribution < -0.4 is 10.6 Å². The van der Waals surface area contributed by atoms with Gasteiger partial charge in [-0.1, -0.05) is 23.7 Å². The number of carbonyl (C=O) groups excluding carboxylic acids is 1. The Morgan fingerprint density at radius 2 is 2.30 bits per heavy atom. The second kappa shape index (κ2) is 6.01. The van der Waals surface area contributed by atoms with Crippen LogP contribution in [0.5, 0.6) is 0 Å². The van der Waals surface area contributed by atoms with Crippen molar-refractivity contribution in [3.05, 3.63) is 34.6 Å². The second-order valence-corrected chi connectivity index (χ2v) is 5.26. The Labute approximate surface area is 119 Å². The van der Waals surface area contributed by atoms with Gasteiger partial charge in [0.15, 0.2) is 5.67 Å². The number of amides is 1. The van der Waals surface area contributed by atoms with Crippen LogP contribution in [0.15, 0.2) is 18.2 Å². The first-order valence-corrected chi connectivity index (χ1v) is 6.52. The Balaban J connectivity index is 1.92. The maximum absolute atomic E-state index is 13.6. The number of benzene rings is 1. The van der Waals surface area contributed by atoms with Gasteiger partial charge in [0, 0.05) is 25.1 Å². The molecule has 0 bridgehead atoms. The van der Waals surface area contributed by atoms with Crippen LogP contribution >= 0.6 is 11.6 Å². The molecule has 0 spiro atoms. The Kier molecular flexibility index (Phi) is 4.55. The van der Waals surface area contributed by atoms with Gasteiger partial charge in [-0.15, -0.1) is 0 Å². The molecule has 7 heteroatoms. The summed E-state index contributed by atoms with van der Waals surface area (Å²) in [5, 5.41) is 5.06. The molecular weight excluding hydrogens is 293 g/mol. The fourth-order valence-corrected chi connectivity index (χ4v) is 2.29. The van der Waals surface area contributed by atoms with Crippen LogP contribution in [-0.2, 0) is 11.3 Å². The molecule has 2 rings (SSSR count). The molecule has 0 aliphatic carbocycles. The first kappa shape index (κ1) is 15.1. The van der Waals surface area contributed by atoms with E-state index in [-0.39, 0.29) is 30.1 Å². The molecule has 1 saturated heterocycles. The minimum atomic E-state index is -2.00. The van der Waals surface area contributed by atoms with Crippen molar-refractivity contribution in [1.82, 2.24) is 10.6 Å². The molecule has 20 heavy (non-hydrogen) atoms. The lowest BCUT2D eigenvalue weighted by Crippen LogP contribution is -2.40. The summed E-state index contributed by atoms with van der Waals surface area (Å²) in [5.74, 6) is -1.09. The van der Waals surface area contributed by atoms with E-state index >= 15 is 0 Å². The number of hydrogen-bond donors (Lipinski definition) is 2. The predicted molar refractivity (Wildman–Crippen MR) is 69.5 cm³/mol. The smallest absolute Gasteiger partial charge is 0.237 e. The van der Waals surface area contributed by atoms with Crippen LogP contribution in [0.4, 0.5) is 13.2 Å². The lowest BCUT2D eigenvalue weighted by atomic mass is 10.0. The van der Waals surface area contributed by atoms with Gasteiger partial charge in [-0.2, -0.15) is 0 Å². The van der Waals surface area contributed by atoms with Gasteiger partial charge in [0.25, 0.3) is 0 Å². The standard InChI is InChI=1S/C13H14ClF3N2O/c14-9-3-1-2-8(11(9)16)5-18-12(20)10-4-13(17,6-15)7-19-10/h1-3,10,19H,4-7H2,(H,18,20)/t10-,13+/m0/s1. The number of alkyl halides is 2. The molecule has 0 radical (unpaired) electrons. The minimum absolute atomic E-state index is 0.0315.